The Morgan fingerprint density at radius 3 is 1.24 bits per heavy atom. The number of rotatable bonds is 4. The Hall–Kier alpha value is -3.17. The van der Waals surface area contributed by atoms with Crippen LogP contribution in [0.4, 0.5) is 11.4 Å². The predicted octanol–water partition coefficient (Wildman–Crippen LogP) is 5.57. The molecule has 5 heteroatoms. The second-order valence-corrected chi connectivity index (χ2v) is 6.11. The normalized spacial score (nSPS) is 11.2. The maximum Gasteiger partial charge on any atom is 2.00 e. The zero-order valence-corrected chi connectivity index (χ0v) is 17.3. The van der Waals surface area contributed by atoms with E-state index >= 15 is 0 Å². The van der Waals surface area contributed by atoms with Gasteiger partial charge in [0.05, 0.1) is 11.4 Å². The molecule has 0 aliphatic heterocycles. The van der Waals surface area contributed by atoms with E-state index in [9.17, 15) is 0 Å². The number of nitrogens with zero attached hydrogens (tertiary/aromatic N) is 4. The maximum absolute atomic E-state index is 4.46. The van der Waals surface area contributed by atoms with Crippen LogP contribution >= 0.6 is 0 Å². The van der Waals surface area contributed by atoms with E-state index in [0.717, 1.165) is 34.2 Å². The van der Waals surface area contributed by atoms with Gasteiger partial charge in [0, 0.05) is 11.4 Å². The summed E-state index contributed by atoms with van der Waals surface area (Å²) in [5, 5.41) is 0. The molecule has 0 fully saturated rings. The van der Waals surface area contributed by atoms with Gasteiger partial charge in [-0.2, -0.15) is 12.4 Å². The van der Waals surface area contributed by atoms with Crippen LogP contribution in [0.5, 0.6) is 0 Å². The molecular weight excluding hydrogens is 403 g/mol. The fourth-order valence-corrected chi connectivity index (χ4v) is 2.54. The van der Waals surface area contributed by atoms with Crippen LogP contribution in [0.1, 0.15) is 25.2 Å². The van der Waals surface area contributed by atoms with Gasteiger partial charge in [-0.15, -0.1) is 11.4 Å². The van der Waals surface area contributed by atoms with Gasteiger partial charge in [-0.05, 0) is 38.1 Å². The molecule has 2 heterocycles. The number of hydrogen-bond acceptors (Lipinski definition) is 2. The maximum atomic E-state index is 4.46. The van der Waals surface area contributed by atoms with Gasteiger partial charge in [0.15, 0.2) is 0 Å². The second-order valence-electron chi connectivity index (χ2n) is 6.11. The third kappa shape index (κ3) is 7.06. The third-order valence-corrected chi connectivity index (χ3v) is 3.95. The Morgan fingerprint density at radius 1 is 0.552 bits per heavy atom. The summed E-state index contributed by atoms with van der Waals surface area (Å²) in [6, 6.07) is 27.5. The Labute approximate surface area is 181 Å². The standard InChI is InChI=1S/2C12H11N2.Ni/c2*1-10(12-8-5-9-13-12)14-11-6-3-2-4-7-11;/h2*2-9H,1H3;/q2*-1;+2. The van der Waals surface area contributed by atoms with Gasteiger partial charge < -0.3 is 9.97 Å². The van der Waals surface area contributed by atoms with Gasteiger partial charge in [-0.25, -0.2) is 0 Å². The fourth-order valence-electron chi connectivity index (χ4n) is 2.54. The summed E-state index contributed by atoms with van der Waals surface area (Å²) >= 11 is 0. The largest absolute Gasteiger partial charge is 2.00 e. The first kappa shape index (κ1) is 22.1. The first-order chi connectivity index (χ1) is 13.7. The average molecular weight is 425 g/mol. The van der Waals surface area contributed by atoms with Crippen LogP contribution in [0, 0.1) is 0 Å². The van der Waals surface area contributed by atoms with E-state index in [-0.39, 0.29) is 16.5 Å². The van der Waals surface area contributed by atoms with Crippen molar-refractivity contribution in [3.63, 3.8) is 0 Å². The molecule has 0 atom stereocenters. The summed E-state index contributed by atoms with van der Waals surface area (Å²) in [5.74, 6) is 0. The van der Waals surface area contributed by atoms with Gasteiger partial charge in [0.25, 0.3) is 0 Å². The molecule has 2 aromatic heterocycles. The number of para-hydroxylation sites is 2. The molecule has 0 amide bonds. The van der Waals surface area contributed by atoms with Gasteiger partial charge in [0.2, 0.25) is 0 Å². The predicted molar refractivity (Wildman–Crippen MR) is 116 cm³/mol. The fraction of sp³-hybridized carbons (Fsp3) is 0.0833. The van der Waals surface area contributed by atoms with Gasteiger partial charge in [-0.3, -0.25) is 9.98 Å². The first-order valence-corrected chi connectivity index (χ1v) is 9.09. The van der Waals surface area contributed by atoms with Crippen LogP contribution in [0.3, 0.4) is 0 Å². The molecule has 4 nitrogen and oxygen atoms in total. The Morgan fingerprint density at radius 2 is 0.931 bits per heavy atom. The van der Waals surface area contributed by atoms with Crippen LogP contribution in [-0.4, -0.2) is 11.4 Å². The molecule has 0 radical (unpaired) electrons. The van der Waals surface area contributed by atoms with Crippen molar-refractivity contribution in [2.45, 2.75) is 13.8 Å². The van der Waals surface area contributed by atoms with E-state index < -0.39 is 0 Å². The minimum atomic E-state index is 0. The van der Waals surface area contributed by atoms with Crippen molar-refractivity contribution < 1.29 is 16.5 Å². The summed E-state index contributed by atoms with van der Waals surface area (Å²) in [7, 11) is 0. The summed E-state index contributed by atoms with van der Waals surface area (Å²) < 4.78 is 0. The zero-order valence-electron chi connectivity index (χ0n) is 16.3. The molecule has 0 bridgehead atoms. The third-order valence-electron chi connectivity index (χ3n) is 3.95. The van der Waals surface area contributed by atoms with E-state index in [1.54, 1.807) is 12.4 Å². The number of hydrogen-bond donors (Lipinski definition) is 0. The molecule has 29 heavy (non-hydrogen) atoms. The molecule has 0 aliphatic carbocycles. The number of benzene rings is 2. The average Bonchev–Trinajstić information content (AvgIpc) is 3.44. The van der Waals surface area contributed by atoms with Crippen molar-refractivity contribution in [1.29, 1.82) is 0 Å². The molecule has 0 saturated carbocycles. The van der Waals surface area contributed by atoms with Gasteiger partial charge in [-0.1, -0.05) is 60.7 Å². The Balaban J connectivity index is 0.000000200. The molecule has 0 spiro atoms. The minimum Gasteiger partial charge on any atom is -0.663 e. The summed E-state index contributed by atoms with van der Waals surface area (Å²) in [6.45, 7) is 3.94. The van der Waals surface area contributed by atoms with E-state index in [2.05, 4.69) is 20.0 Å². The van der Waals surface area contributed by atoms with Crippen molar-refractivity contribution in [1.82, 2.24) is 9.97 Å². The quantitative estimate of drug-likeness (QED) is 0.317. The van der Waals surface area contributed by atoms with Crippen molar-refractivity contribution >= 4 is 22.8 Å². The van der Waals surface area contributed by atoms with Crippen molar-refractivity contribution in [2.24, 2.45) is 9.98 Å². The number of aromatic nitrogens is 2. The van der Waals surface area contributed by atoms with E-state index in [4.69, 9.17) is 0 Å². The van der Waals surface area contributed by atoms with Crippen LogP contribution < -0.4 is 9.97 Å². The molecule has 0 saturated heterocycles. The monoisotopic (exact) mass is 424 g/mol. The molecule has 2 aromatic carbocycles. The summed E-state index contributed by atoms with van der Waals surface area (Å²) in [5.41, 5.74) is 5.70. The van der Waals surface area contributed by atoms with Crippen molar-refractivity contribution in [3.8, 4) is 0 Å². The topological polar surface area (TPSA) is 52.9 Å². The van der Waals surface area contributed by atoms with Gasteiger partial charge in [0.1, 0.15) is 0 Å². The summed E-state index contributed by atoms with van der Waals surface area (Å²) in [4.78, 5) is 17.3. The first-order valence-electron chi connectivity index (χ1n) is 9.09. The number of aliphatic imine (C=N–C) groups is 2. The van der Waals surface area contributed by atoms with Crippen LogP contribution in [0.2, 0.25) is 0 Å². The van der Waals surface area contributed by atoms with E-state index in [0.29, 0.717) is 0 Å². The molecule has 0 unspecified atom stereocenters. The molecular formula is C24H22N4Ni. The van der Waals surface area contributed by atoms with E-state index in [1.165, 1.54) is 0 Å². The molecule has 148 valence electrons. The minimum absolute atomic E-state index is 0. The molecule has 4 aromatic rings. The Kier molecular flexibility index (Phi) is 8.87. The van der Waals surface area contributed by atoms with Gasteiger partial charge >= 0.3 is 16.5 Å². The molecule has 0 aliphatic rings. The zero-order chi connectivity index (χ0) is 19.6. The molecule has 0 N–H and O–H groups in total. The van der Waals surface area contributed by atoms with Crippen molar-refractivity contribution in [2.75, 3.05) is 0 Å². The SMILES string of the molecule is CC(=Nc1ccccc1)c1ccc[n-]1.CC(=Nc1ccccc1)c1ccc[n-]1.[Ni+2]. The van der Waals surface area contributed by atoms with Crippen LogP contribution in [0.15, 0.2) is 107 Å². The smallest absolute Gasteiger partial charge is 0.663 e. The second kappa shape index (κ2) is 11.6. The van der Waals surface area contributed by atoms with Crippen LogP contribution in [-0.2, 0) is 16.5 Å². The molecule has 4 rings (SSSR count). The summed E-state index contributed by atoms with van der Waals surface area (Å²) in [6.07, 6.45) is 3.55. The van der Waals surface area contributed by atoms with Crippen LogP contribution in [0.25, 0.3) is 0 Å². The Bertz CT molecular complexity index is 918. The van der Waals surface area contributed by atoms with Crippen molar-refractivity contribution in [3.05, 3.63) is 109 Å². The van der Waals surface area contributed by atoms with E-state index in [1.807, 2.05) is 98.8 Å².